The highest BCUT2D eigenvalue weighted by Crippen LogP contribution is 2.39. The second kappa shape index (κ2) is 16.9. The van der Waals surface area contributed by atoms with Gasteiger partial charge in [-0.3, -0.25) is 15.3 Å². The third-order valence-corrected chi connectivity index (χ3v) is 7.48. The lowest BCUT2D eigenvalue weighted by Crippen LogP contribution is -2.34. The normalized spacial score (nSPS) is 11.4. The molecule has 0 saturated heterocycles. The van der Waals surface area contributed by atoms with Crippen LogP contribution in [0.1, 0.15) is 24.1 Å². The number of nitrogens with zero attached hydrogens (tertiary/aromatic N) is 6. The van der Waals surface area contributed by atoms with E-state index in [0.717, 1.165) is 9.71 Å². The van der Waals surface area contributed by atoms with Crippen LogP contribution in [-0.4, -0.2) is 77.4 Å². The first kappa shape index (κ1) is 34.7. The predicted molar refractivity (Wildman–Crippen MR) is 166 cm³/mol. The van der Waals surface area contributed by atoms with Gasteiger partial charge in [0.15, 0.2) is 41.4 Å². The molecule has 0 bridgehead atoms. The van der Waals surface area contributed by atoms with Crippen molar-refractivity contribution in [2.24, 2.45) is 0 Å². The number of sulfonamides is 1. The highest BCUT2D eigenvalue weighted by atomic mass is 32.2. The Labute approximate surface area is 270 Å². The molecule has 47 heavy (non-hydrogen) atoms. The van der Waals surface area contributed by atoms with Crippen LogP contribution in [0.2, 0.25) is 0 Å². The van der Waals surface area contributed by atoms with Crippen molar-refractivity contribution < 1.29 is 47.4 Å². The van der Waals surface area contributed by atoms with Crippen LogP contribution >= 0.6 is 0 Å². The van der Waals surface area contributed by atoms with Crippen molar-refractivity contribution in [3.63, 3.8) is 0 Å². The molecule has 2 aromatic carbocycles. The standard InChI is InChI=1S/C30H32N6O10S/c1-22-26(46-25-14-7-6-13-24(25)42-2)29(34-28(33-22)27-31-16-10-17-32-27)35(47(40,41)20-15-23-11-4-3-5-12-23)21-44-30(37)43-18-8-9-19-45-36(38)39/h3-7,10-17,20,38-39H,8-9,18-19,21H2,1-2H3/b20-15+. The zero-order valence-electron chi connectivity index (χ0n) is 25.4. The summed E-state index contributed by atoms with van der Waals surface area (Å²) in [6.07, 6.45) is 3.75. The van der Waals surface area contributed by atoms with Gasteiger partial charge >= 0.3 is 6.16 Å². The minimum atomic E-state index is -4.45. The fourth-order valence-electron chi connectivity index (χ4n) is 3.88. The topological polar surface area (TPSA) is 196 Å². The number of ether oxygens (including phenoxy) is 4. The lowest BCUT2D eigenvalue weighted by atomic mass is 10.2. The summed E-state index contributed by atoms with van der Waals surface area (Å²) in [7, 11) is -2.99. The Kier molecular flexibility index (Phi) is 12.5. The third kappa shape index (κ3) is 10.1. The van der Waals surface area contributed by atoms with E-state index in [-0.39, 0.29) is 54.3 Å². The summed E-state index contributed by atoms with van der Waals surface area (Å²) in [5.41, 5.74) is 0.804. The van der Waals surface area contributed by atoms with Crippen LogP contribution in [0, 0.1) is 6.92 Å². The van der Waals surface area contributed by atoms with Gasteiger partial charge in [-0.2, -0.15) is 0 Å². The first-order chi connectivity index (χ1) is 22.7. The highest BCUT2D eigenvalue weighted by molar-refractivity contribution is 7.95. The van der Waals surface area contributed by atoms with Crippen molar-refractivity contribution in [3.8, 4) is 28.9 Å². The molecule has 4 aromatic rings. The summed E-state index contributed by atoms with van der Waals surface area (Å²) in [5.74, 6) is 0.302. The number of benzene rings is 2. The van der Waals surface area contributed by atoms with Crippen molar-refractivity contribution in [2.45, 2.75) is 19.8 Å². The number of hydrogen-bond acceptors (Lipinski definition) is 15. The molecule has 17 heteroatoms. The van der Waals surface area contributed by atoms with Crippen LogP contribution in [0.4, 0.5) is 10.6 Å². The van der Waals surface area contributed by atoms with Gasteiger partial charge in [0.1, 0.15) is 0 Å². The molecular weight excluding hydrogens is 636 g/mol. The molecule has 0 amide bonds. The number of methoxy groups -OCH3 is 1. The second-order valence-corrected chi connectivity index (χ2v) is 11.1. The van der Waals surface area contributed by atoms with Crippen molar-refractivity contribution >= 4 is 28.1 Å². The van der Waals surface area contributed by atoms with E-state index in [2.05, 4.69) is 24.8 Å². The van der Waals surface area contributed by atoms with E-state index in [0.29, 0.717) is 17.7 Å². The minimum Gasteiger partial charge on any atom is -0.493 e. The fraction of sp³-hybridized carbons (Fsp3) is 0.233. The zero-order chi connectivity index (χ0) is 33.6. The van der Waals surface area contributed by atoms with Gasteiger partial charge in [0.25, 0.3) is 10.0 Å². The molecule has 16 nitrogen and oxygen atoms in total. The molecule has 0 aliphatic heterocycles. The maximum atomic E-state index is 14.0. The van der Waals surface area contributed by atoms with Gasteiger partial charge < -0.3 is 18.9 Å². The van der Waals surface area contributed by atoms with Crippen molar-refractivity contribution in [1.82, 2.24) is 25.3 Å². The molecule has 0 atom stereocenters. The van der Waals surface area contributed by atoms with E-state index in [9.17, 15) is 13.2 Å². The van der Waals surface area contributed by atoms with Crippen LogP contribution in [0.15, 0.2) is 78.5 Å². The monoisotopic (exact) mass is 668 g/mol. The summed E-state index contributed by atoms with van der Waals surface area (Å²) >= 11 is 0. The number of carbonyl (C=O) groups is 1. The largest absolute Gasteiger partial charge is 0.510 e. The lowest BCUT2D eigenvalue weighted by molar-refractivity contribution is -0.492. The fourth-order valence-corrected chi connectivity index (χ4v) is 4.92. The number of rotatable bonds is 16. The first-order valence-corrected chi connectivity index (χ1v) is 15.5. The molecule has 2 N–H and O–H groups in total. The third-order valence-electron chi connectivity index (χ3n) is 6.10. The van der Waals surface area contributed by atoms with Gasteiger partial charge in [-0.05, 0) is 49.6 Å². The second-order valence-electron chi connectivity index (χ2n) is 9.38. The van der Waals surface area contributed by atoms with E-state index in [1.54, 1.807) is 67.6 Å². The molecule has 248 valence electrons. The first-order valence-electron chi connectivity index (χ1n) is 14.0. The zero-order valence-corrected chi connectivity index (χ0v) is 26.2. The molecule has 2 aromatic heterocycles. The number of para-hydroxylation sites is 2. The Hall–Kier alpha value is -5.20. The van der Waals surface area contributed by atoms with E-state index in [1.807, 2.05) is 0 Å². The van der Waals surface area contributed by atoms with E-state index < -0.39 is 28.3 Å². The number of anilines is 1. The van der Waals surface area contributed by atoms with Crippen molar-refractivity contribution in [3.05, 3.63) is 89.7 Å². The number of unbranched alkanes of at least 4 members (excludes halogenated alkanes) is 1. The quantitative estimate of drug-likeness (QED) is 0.0717. The SMILES string of the molecule is COc1ccccc1Oc1c(C)nc(-c2ncccn2)nc1N(COC(=O)OCCCCON(O)O)S(=O)(=O)/C=C/c1ccccc1. The highest BCUT2D eigenvalue weighted by Gasteiger charge is 2.30. The average Bonchev–Trinajstić information content (AvgIpc) is 3.07. The van der Waals surface area contributed by atoms with Gasteiger partial charge in [0.05, 0.1) is 36.8 Å². The summed E-state index contributed by atoms with van der Waals surface area (Å²) in [6.45, 7) is 0.532. The van der Waals surface area contributed by atoms with E-state index in [4.69, 9.17) is 29.4 Å². The molecule has 2 heterocycles. The number of aromatic nitrogens is 4. The Morgan fingerprint density at radius 3 is 2.26 bits per heavy atom. The molecule has 0 unspecified atom stereocenters. The molecule has 0 radical (unpaired) electrons. The molecular formula is C30H32N6O10S. The number of hydrogen-bond donors (Lipinski definition) is 2. The van der Waals surface area contributed by atoms with Crippen LogP contribution in [-0.2, 0) is 24.3 Å². The number of carbonyl (C=O) groups excluding carboxylic acids is 1. The Morgan fingerprint density at radius 1 is 0.872 bits per heavy atom. The minimum absolute atomic E-state index is 0.0214. The molecule has 0 saturated carbocycles. The molecule has 0 aliphatic carbocycles. The molecule has 0 aliphatic rings. The lowest BCUT2D eigenvalue weighted by Gasteiger charge is -2.24. The maximum absolute atomic E-state index is 14.0. The summed E-state index contributed by atoms with van der Waals surface area (Å²) in [4.78, 5) is 34.3. The van der Waals surface area contributed by atoms with Crippen LogP contribution in [0.25, 0.3) is 17.7 Å². The van der Waals surface area contributed by atoms with Crippen LogP contribution in [0.5, 0.6) is 17.2 Å². The van der Waals surface area contributed by atoms with Crippen LogP contribution in [0.3, 0.4) is 0 Å². The summed E-state index contributed by atoms with van der Waals surface area (Å²) in [5, 5.41) is 17.7. The van der Waals surface area contributed by atoms with Gasteiger partial charge in [-0.15, -0.1) is 0 Å². The van der Waals surface area contributed by atoms with E-state index >= 15 is 0 Å². The van der Waals surface area contributed by atoms with Gasteiger partial charge in [0, 0.05) is 12.4 Å². The van der Waals surface area contributed by atoms with Crippen LogP contribution < -0.4 is 13.8 Å². The Bertz CT molecular complexity index is 1750. The maximum Gasteiger partial charge on any atom is 0.510 e. The van der Waals surface area contributed by atoms with Crippen molar-refractivity contribution in [1.29, 1.82) is 0 Å². The Balaban J connectivity index is 1.73. The van der Waals surface area contributed by atoms with E-state index in [1.165, 1.54) is 25.6 Å². The smallest absolute Gasteiger partial charge is 0.493 e. The summed E-state index contributed by atoms with van der Waals surface area (Å²) in [6, 6.07) is 17.0. The predicted octanol–water partition coefficient (Wildman–Crippen LogP) is 4.75. The number of aryl methyl sites for hydroxylation is 1. The molecule has 0 fully saturated rings. The average molecular weight is 669 g/mol. The summed E-state index contributed by atoms with van der Waals surface area (Å²) < 4.78 is 50.5. The van der Waals surface area contributed by atoms with Gasteiger partial charge in [-0.25, -0.2) is 37.5 Å². The van der Waals surface area contributed by atoms with Gasteiger partial charge in [-0.1, -0.05) is 42.5 Å². The van der Waals surface area contributed by atoms with Crippen molar-refractivity contribution in [2.75, 3.05) is 31.4 Å². The van der Waals surface area contributed by atoms with Gasteiger partial charge in [0.2, 0.25) is 0 Å². The molecule has 0 spiro atoms. The molecule has 4 rings (SSSR count). The Morgan fingerprint density at radius 2 is 1.55 bits per heavy atom.